The molecule has 1 aromatic carbocycles. The molecule has 3 heterocycles. The number of thiophene rings is 1. The third-order valence-electron chi connectivity index (χ3n) is 7.87. The number of fused-ring (bicyclic) bond motifs is 2. The van der Waals surface area contributed by atoms with E-state index in [9.17, 15) is 24.0 Å². The fourth-order valence-electron chi connectivity index (χ4n) is 5.15. The molecule has 0 aliphatic carbocycles. The topological polar surface area (TPSA) is 153 Å². The number of benzene rings is 1. The molecule has 12 nitrogen and oxygen atoms in total. The average molecular weight is 682 g/mol. The summed E-state index contributed by atoms with van der Waals surface area (Å²) in [4.78, 5) is 74.4. The number of nitrogens with zero attached hydrogens (tertiary/aromatic N) is 3. The highest BCUT2D eigenvalue weighted by atomic mass is 32.1. The first-order valence-electron chi connectivity index (χ1n) is 15.6. The standard InChI is InChI=1S/C33H43N7O5S2/c1-20(2)28-31(44)35-22(4)33(45)39(5)12-13-40(16-24-11-14-46-18-24)17-27(41)36-25(15-23-9-7-6-8-10-23)32-37-26(19-47-32)30(43)34-21(3)29(42)38-28/h6-11,14,18-22,25,28H,12-13,15-17H2,1-5H3,(H,34,43)(H,35,44)(H,36,41)(H,38,42)/t21-,22+,25-,28-/m0/s1. The Bertz CT molecular complexity index is 1530. The van der Waals surface area contributed by atoms with Crippen LogP contribution in [0.4, 0.5) is 0 Å². The molecule has 0 saturated carbocycles. The van der Waals surface area contributed by atoms with E-state index in [1.165, 1.54) is 23.2 Å². The quantitative estimate of drug-likeness (QED) is 0.323. The largest absolute Gasteiger partial charge is 0.345 e. The minimum atomic E-state index is -0.977. The number of likely N-dealkylation sites (N-methyl/N-ethyl adjacent to an activating group) is 1. The third-order valence-corrected chi connectivity index (χ3v) is 9.56. The van der Waals surface area contributed by atoms with E-state index < -0.39 is 41.9 Å². The molecule has 252 valence electrons. The van der Waals surface area contributed by atoms with Crippen molar-refractivity contribution in [3.8, 4) is 0 Å². The summed E-state index contributed by atoms with van der Waals surface area (Å²) in [6.45, 7) is 7.98. The number of amides is 5. The van der Waals surface area contributed by atoms with Gasteiger partial charge in [-0.05, 0) is 54.1 Å². The fraction of sp³-hybridized carbons (Fsp3) is 0.455. The molecule has 5 amide bonds. The smallest absolute Gasteiger partial charge is 0.271 e. The van der Waals surface area contributed by atoms with Crippen LogP contribution < -0.4 is 21.3 Å². The van der Waals surface area contributed by atoms with Crippen molar-refractivity contribution in [1.82, 2.24) is 36.1 Å². The zero-order valence-corrected chi connectivity index (χ0v) is 29.0. The Kier molecular flexibility index (Phi) is 12.6. The van der Waals surface area contributed by atoms with Gasteiger partial charge in [-0.1, -0.05) is 44.2 Å². The molecule has 1 aliphatic heterocycles. The van der Waals surface area contributed by atoms with Crippen molar-refractivity contribution >= 4 is 52.2 Å². The molecule has 2 bridgehead atoms. The number of carbonyl (C=O) groups is 5. The van der Waals surface area contributed by atoms with Crippen LogP contribution >= 0.6 is 22.7 Å². The van der Waals surface area contributed by atoms with Gasteiger partial charge in [-0.2, -0.15) is 11.3 Å². The zero-order valence-electron chi connectivity index (χ0n) is 27.3. The molecule has 4 rings (SSSR count). The first-order chi connectivity index (χ1) is 22.4. The lowest BCUT2D eigenvalue weighted by atomic mass is 10.0. The highest BCUT2D eigenvalue weighted by Crippen LogP contribution is 2.23. The summed E-state index contributed by atoms with van der Waals surface area (Å²) in [5, 5.41) is 17.4. The Morgan fingerprint density at radius 2 is 1.62 bits per heavy atom. The summed E-state index contributed by atoms with van der Waals surface area (Å²) >= 11 is 2.82. The van der Waals surface area contributed by atoms with E-state index in [0.717, 1.165) is 11.1 Å². The van der Waals surface area contributed by atoms with Crippen LogP contribution in [0.1, 0.15) is 60.4 Å². The van der Waals surface area contributed by atoms with Crippen molar-refractivity contribution in [2.45, 2.75) is 64.8 Å². The van der Waals surface area contributed by atoms with Gasteiger partial charge in [0.15, 0.2) is 0 Å². The molecule has 4 atom stereocenters. The summed E-state index contributed by atoms with van der Waals surface area (Å²) in [5.74, 6) is -2.43. The van der Waals surface area contributed by atoms with Crippen LogP contribution in [-0.4, -0.2) is 89.1 Å². The van der Waals surface area contributed by atoms with Crippen molar-refractivity contribution in [3.63, 3.8) is 0 Å². The maximum absolute atomic E-state index is 13.6. The van der Waals surface area contributed by atoms with Gasteiger partial charge < -0.3 is 26.2 Å². The average Bonchev–Trinajstić information content (AvgIpc) is 3.74. The molecule has 0 saturated heterocycles. The molecular formula is C33H43N7O5S2. The zero-order chi connectivity index (χ0) is 34.1. The summed E-state index contributed by atoms with van der Waals surface area (Å²) in [6.07, 6.45) is 0.456. The van der Waals surface area contributed by atoms with Gasteiger partial charge in [-0.3, -0.25) is 28.9 Å². The molecule has 0 fully saturated rings. The van der Waals surface area contributed by atoms with Crippen molar-refractivity contribution in [1.29, 1.82) is 0 Å². The maximum atomic E-state index is 13.6. The highest BCUT2D eigenvalue weighted by molar-refractivity contribution is 7.10. The third kappa shape index (κ3) is 10.2. The fourth-order valence-corrected chi connectivity index (χ4v) is 6.66. The summed E-state index contributed by atoms with van der Waals surface area (Å²) < 4.78 is 0. The van der Waals surface area contributed by atoms with Gasteiger partial charge in [-0.15, -0.1) is 11.3 Å². The van der Waals surface area contributed by atoms with Crippen molar-refractivity contribution in [2.75, 3.05) is 26.7 Å². The number of nitrogens with one attached hydrogen (secondary N) is 4. The number of carbonyl (C=O) groups excluding carboxylic acids is 5. The van der Waals surface area contributed by atoms with Crippen LogP contribution in [0.25, 0.3) is 0 Å². The Labute approximate surface area is 283 Å². The first-order valence-corrected chi connectivity index (χ1v) is 17.4. The Morgan fingerprint density at radius 1 is 0.872 bits per heavy atom. The summed E-state index contributed by atoms with van der Waals surface area (Å²) in [7, 11) is 1.66. The molecule has 14 heteroatoms. The highest BCUT2D eigenvalue weighted by Gasteiger charge is 2.31. The molecular weight excluding hydrogens is 639 g/mol. The maximum Gasteiger partial charge on any atom is 0.271 e. The second-order valence-corrected chi connectivity index (χ2v) is 13.8. The van der Waals surface area contributed by atoms with Gasteiger partial charge in [0.25, 0.3) is 5.91 Å². The molecule has 1 aliphatic rings. The predicted octanol–water partition coefficient (Wildman–Crippen LogP) is 2.34. The minimum Gasteiger partial charge on any atom is -0.345 e. The molecule has 0 unspecified atom stereocenters. The predicted molar refractivity (Wildman–Crippen MR) is 182 cm³/mol. The van der Waals surface area contributed by atoms with Crippen LogP contribution in [0.15, 0.2) is 52.5 Å². The normalized spacial score (nSPS) is 23.0. The van der Waals surface area contributed by atoms with Crippen LogP contribution in [0.2, 0.25) is 0 Å². The van der Waals surface area contributed by atoms with E-state index in [-0.39, 0.29) is 30.0 Å². The number of rotatable bonds is 5. The molecule has 0 spiro atoms. The van der Waals surface area contributed by atoms with Gasteiger partial charge >= 0.3 is 0 Å². The number of hydrogen-bond donors (Lipinski definition) is 4. The Balaban J connectivity index is 1.64. The monoisotopic (exact) mass is 681 g/mol. The lowest BCUT2D eigenvalue weighted by Gasteiger charge is -2.29. The van der Waals surface area contributed by atoms with Crippen LogP contribution in [0, 0.1) is 5.92 Å². The molecule has 4 N–H and O–H groups in total. The van der Waals surface area contributed by atoms with E-state index >= 15 is 0 Å². The van der Waals surface area contributed by atoms with E-state index in [2.05, 4.69) is 26.3 Å². The van der Waals surface area contributed by atoms with Gasteiger partial charge in [0.1, 0.15) is 28.8 Å². The van der Waals surface area contributed by atoms with Gasteiger partial charge in [0.2, 0.25) is 23.6 Å². The summed E-state index contributed by atoms with van der Waals surface area (Å²) in [5.41, 5.74) is 2.16. The van der Waals surface area contributed by atoms with E-state index in [1.54, 1.807) is 44.5 Å². The van der Waals surface area contributed by atoms with Crippen LogP contribution in [0.5, 0.6) is 0 Å². The molecule has 47 heavy (non-hydrogen) atoms. The lowest BCUT2D eigenvalue weighted by Crippen LogP contribution is -2.57. The molecule has 3 aromatic rings. The Morgan fingerprint density at radius 3 is 2.30 bits per heavy atom. The van der Waals surface area contributed by atoms with Gasteiger partial charge in [0.05, 0.1) is 12.6 Å². The van der Waals surface area contributed by atoms with Crippen LogP contribution in [0.3, 0.4) is 0 Å². The minimum absolute atomic E-state index is 0.0650. The number of hydrogen-bond acceptors (Lipinski definition) is 9. The number of thiazole rings is 1. The second kappa shape index (κ2) is 16.6. The summed E-state index contributed by atoms with van der Waals surface area (Å²) in [6, 6.07) is 8.42. The second-order valence-electron chi connectivity index (χ2n) is 12.1. The van der Waals surface area contributed by atoms with Crippen molar-refractivity contribution in [2.24, 2.45) is 5.92 Å². The van der Waals surface area contributed by atoms with Crippen molar-refractivity contribution < 1.29 is 24.0 Å². The van der Waals surface area contributed by atoms with Crippen LogP contribution in [-0.2, 0) is 32.1 Å². The van der Waals surface area contributed by atoms with Crippen molar-refractivity contribution in [3.05, 3.63) is 74.4 Å². The molecule has 0 radical (unpaired) electrons. The molecule has 2 aromatic heterocycles. The van der Waals surface area contributed by atoms with E-state index in [4.69, 9.17) is 0 Å². The Hall–Kier alpha value is -4.14. The van der Waals surface area contributed by atoms with Gasteiger partial charge in [-0.25, -0.2) is 4.98 Å². The van der Waals surface area contributed by atoms with E-state index in [1.807, 2.05) is 52.1 Å². The SMILES string of the molecule is CC(C)[C@@H]1NC(=O)[C@H](C)NC(=O)c2csc(n2)[C@H](Cc2ccccc2)NC(=O)CN(Cc2ccsc2)CCN(C)C(=O)[C@@H](C)NC1=O. The lowest BCUT2D eigenvalue weighted by molar-refractivity contribution is -0.136. The van der Waals surface area contributed by atoms with E-state index in [0.29, 0.717) is 31.1 Å². The number of aromatic nitrogens is 1. The van der Waals surface area contributed by atoms with Gasteiger partial charge in [0, 0.05) is 32.1 Å². The first kappa shape index (κ1) is 35.7.